The van der Waals surface area contributed by atoms with E-state index in [0.29, 0.717) is 10.7 Å². The van der Waals surface area contributed by atoms with Crippen molar-refractivity contribution in [1.82, 2.24) is 9.78 Å². The van der Waals surface area contributed by atoms with Crippen molar-refractivity contribution in [2.24, 2.45) is 7.05 Å². The maximum Gasteiger partial charge on any atom is 0.248 e. The van der Waals surface area contributed by atoms with Crippen LogP contribution in [0.25, 0.3) is 6.08 Å². The molecule has 1 aromatic heterocycles. The molecule has 0 radical (unpaired) electrons. The number of amides is 1. The Kier molecular flexibility index (Phi) is 3.79. The van der Waals surface area contributed by atoms with Gasteiger partial charge in [-0.1, -0.05) is 17.7 Å². The highest BCUT2D eigenvalue weighted by molar-refractivity contribution is 6.30. The molecule has 0 aliphatic heterocycles. The highest BCUT2D eigenvalue weighted by Crippen LogP contribution is 2.14. The predicted molar refractivity (Wildman–Crippen MR) is 72.3 cm³/mol. The summed E-state index contributed by atoms with van der Waals surface area (Å²) in [5, 5.41) is 7.32. The monoisotopic (exact) mass is 261 g/mol. The van der Waals surface area contributed by atoms with Crippen LogP contribution in [0.3, 0.4) is 0 Å². The third-order valence-electron chi connectivity index (χ3n) is 2.24. The van der Waals surface area contributed by atoms with Gasteiger partial charge in [0.05, 0.1) is 6.20 Å². The van der Waals surface area contributed by atoms with E-state index in [4.69, 9.17) is 11.6 Å². The smallest absolute Gasteiger partial charge is 0.248 e. The van der Waals surface area contributed by atoms with Crippen LogP contribution in [0.4, 0.5) is 5.69 Å². The molecule has 1 aromatic carbocycles. The molecule has 0 saturated carbocycles. The van der Waals surface area contributed by atoms with E-state index in [2.05, 4.69) is 10.4 Å². The van der Waals surface area contributed by atoms with Gasteiger partial charge >= 0.3 is 0 Å². The molecule has 0 fully saturated rings. The number of hydrogen-bond acceptors (Lipinski definition) is 2. The minimum absolute atomic E-state index is 0.207. The molecule has 18 heavy (non-hydrogen) atoms. The highest BCUT2D eigenvalue weighted by atomic mass is 35.5. The molecule has 4 nitrogen and oxygen atoms in total. The van der Waals surface area contributed by atoms with E-state index < -0.39 is 0 Å². The summed E-state index contributed by atoms with van der Waals surface area (Å²) in [5.41, 5.74) is 1.54. The maximum atomic E-state index is 11.6. The SMILES string of the molecule is Cn1cc(C=CC(=O)Nc2cccc(Cl)c2)cn1. The third-order valence-corrected chi connectivity index (χ3v) is 2.48. The molecule has 2 rings (SSSR count). The summed E-state index contributed by atoms with van der Waals surface area (Å²) in [6.07, 6.45) is 6.66. The Labute approximate surface area is 110 Å². The van der Waals surface area contributed by atoms with Crippen LogP contribution in [-0.2, 0) is 11.8 Å². The maximum absolute atomic E-state index is 11.6. The van der Waals surface area contributed by atoms with Gasteiger partial charge in [-0.05, 0) is 24.3 Å². The lowest BCUT2D eigenvalue weighted by molar-refractivity contribution is -0.111. The number of hydrogen-bond donors (Lipinski definition) is 1. The van der Waals surface area contributed by atoms with Gasteiger partial charge in [0.15, 0.2) is 0 Å². The molecule has 0 atom stereocenters. The zero-order valence-corrected chi connectivity index (χ0v) is 10.6. The number of nitrogens with one attached hydrogen (secondary N) is 1. The molecule has 5 heteroatoms. The summed E-state index contributed by atoms with van der Waals surface area (Å²) < 4.78 is 1.68. The standard InChI is InChI=1S/C13H12ClN3O/c1-17-9-10(8-15-17)5-6-13(18)16-12-4-2-3-11(14)7-12/h2-9H,1H3,(H,16,18). The number of aryl methyl sites for hydroxylation is 1. The predicted octanol–water partition coefficient (Wildman–Crippen LogP) is 2.73. The molecule has 1 N–H and O–H groups in total. The van der Waals surface area contributed by atoms with Crippen LogP contribution in [0, 0.1) is 0 Å². The zero-order chi connectivity index (χ0) is 13.0. The van der Waals surface area contributed by atoms with E-state index in [1.165, 1.54) is 6.08 Å². The van der Waals surface area contributed by atoms with Crippen LogP contribution >= 0.6 is 11.6 Å². The second-order valence-electron chi connectivity index (χ2n) is 3.78. The summed E-state index contributed by atoms with van der Waals surface area (Å²) in [7, 11) is 1.82. The first kappa shape index (κ1) is 12.4. The second kappa shape index (κ2) is 5.51. The highest BCUT2D eigenvalue weighted by Gasteiger charge is 1.98. The minimum Gasteiger partial charge on any atom is -0.322 e. The summed E-state index contributed by atoms with van der Waals surface area (Å²) in [4.78, 5) is 11.6. The Morgan fingerprint density at radius 3 is 3.00 bits per heavy atom. The van der Waals surface area contributed by atoms with E-state index >= 15 is 0 Å². The van der Waals surface area contributed by atoms with Gasteiger partial charge in [0.2, 0.25) is 5.91 Å². The Morgan fingerprint density at radius 2 is 2.33 bits per heavy atom. The largest absolute Gasteiger partial charge is 0.322 e. The molecule has 0 aliphatic carbocycles. The van der Waals surface area contributed by atoms with E-state index in [1.54, 1.807) is 41.2 Å². The van der Waals surface area contributed by atoms with E-state index in [1.807, 2.05) is 13.2 Å². The molecule has 0 saturated heterocycles. The number of carbonyl (C=O) groups excluding carboxylic acids is 1. The molecule has 0 unspecified atom stereocenters. The molecule has 1 amide bonds. The van der Waals surface area contributed by atoms with E-state index in [9.17, 15) is 4.79 Å². The molecule has 0 bridgehead atoms. The van der Waals surface area contributed by atoms with Gasteiger partial charge in [-0.15, -0.1) is 0 Å². The van der Waals surface area contributed by atoms with E-state index in [0.717, 1.165) is 5.56 Å². The van der Waals surface area contributed by atoms with Gasteiger partial charge < -0.3 is 5.32 Å². The lowest BCUT2D eigenvalue weighted by Crippen LogP contribution is -2.07. The van der Waals surface area contributed by atoms with Crippen LogP contribution in [0.1, 0.15) is 5.56 Å². The van der Waals surface area contributed by atoms with Gasteiger partial charge in [0.25, 0.3) is 0 Å². The van der Waals surface area contributed by atoms with Crippen LogP contribution in [0.5, 0.6) is 0 Å². The Morgan fingerprint density at radius 1 is 1.50 bits per heavy atom. The van der Waals surface area contributed by atoms with Crippen LogP contribution in [-0.4, -0.2) is 15.7 Å². The van der Waals surface area contributed by atoms with Crippen molar-refractivity contribution >= 4 is 29.3 Å². The van der Waals surface area contributed by atoms with Crippen LogP contribution in [0.15, 0.2) is 42.7 Å². The van der Waals surface area contributed by atoms with Gasteiger partial charge in [-0.3, -0.25) is 9.48 Å². The molecular formula is C13H12ClN3O. The molecule has 1 heterocycles. The van der Waals surface area contributed by atoms with Crippen molar-refractivity contribution < 1.29 is 4.79 Å². The van der Waals surface area contributed by atoms with Crippen LogP contribution in [0.2, 0.25) is 5.02 Å². The molecule has 0 aliphatic rings. The number of rotatable bonds is 3. The van der Waals surface area contributed by atoms with Crippen molar-refractivity contribution in [1.29, 1.82) is 0 Å². The average Bonchev–Trinajstić information content (AvgIpc) is 2.73. The third kappa shape index (κ3) is 3.46. The quantitative estimate of drug-likeness (QED) is 0.864. The lowest BCUT2D eigenvalue weighted by Gasteiger charge is -2.01. The van der Waals surface area contributed by atoms with Crippen molar-refractivity contribution in [3.8, 4) is 0 Å². The Bertz CT molecular complexity index is 589. The summed E-state index contributed by atoms with van der Waals surface area (Å²) in [5.74, 6) is -0.207. The summed E-state index contributed by atoms with van der Waals surface area (Å²) in [6.45, 7) is 0. The van der Waals surface area contributed by atoms with Crippen molar-refractivity contribution in [2.45, 2.75) is 0 Å². The van der Waals surface area contributed by atoms with Crippen molar-refractivity contribution in [2.75, 3.05) is 5.32 Å². The lowest BCUT2D eigenvalue weighted by atomic mass is 10.3. The van der Waals surface area contributed by atoms with Crippen molar-refractivity contribution in [3.63, 3.8) is 0 Å². The first-order valence-corrected chi connectivity index (χ1v) is 5.74. The van der Waals surface area contributed by atoms with Crippen LogP contribution < -0.4 is 5.32 Å². The first-order valence-electron chi connectivity index (χ1n) is 5.37. The molecular weight excluding hydrogens is 250 g/mol. The normalized spacial score (nSPS) is 10.8. The Balaban J connectivity index is 1.98. The van der Waals surface area contributed by atoms with Gasteiger partial charge in [0.1, 0.15) is 0 Å². The molecule has 92 valence electrons. The fourth-order valence-corrected chi connectivity index (χ4v) is 1.64. The summed E-state index contributed by atoms with van der Waals surface area (Å²) in [6, 6.07) is 7.00. The number of aromatic nitrogens is 2. The number of nitrogens with zero attached hydrogens (tertiary/aromatic N) is 2. The number of benzene rings is 1. The average molecular weight is 262 g/mol. The first-order chi connectivity index (χ1) is 8.63. The molecule has 2 aromatic rings. The number of halogens is 1. The fourth-order valence-electron chi connectivity index (χ4n) is 1.45. The van der Waals surface area contributed by atoms with Gasteiger partial charge in [0, 0.05) is 35.6 Å². The van der Waals surface area contributed by atoms with Gasteiger partial charge in [-0.25, -0.2) is 0 Å². The second-order valence-corrected chi connectivity index (χ2v) is 4.22. The van der Waals surface area contributed by atoms with Gasteiger partial charge in [-0.2, -0.15) is 5.10 Å². The number of carbonyl (C=O) groups is 1. The van der Waals surface area contributed by atoms with E-state index in [-0.39, 0.29) is 5.91 Å². The minimum atomic E-state index is -0.207. The Hall–Kier alpha value is -2.07. The topological polar surface area (TPSA) is 46.9 Å². The van der Waals surface area contributed by atoms with Crippen molar-refractivity contribution in [3.05, 3.63) is 53.3 Å². The zero-order valence-electron chi connectivity index (χ0n) is 9.80. The fraction of sp³-hybridized carbons (Fsp3) is 0.0769. The molecule has 0 spiro atoms. The summed E-state index contributed by atoms with van der Waals surface area (Å²) >= 11 is 5.82. The number of anilines is 1.